The SMILES string of the molecule is CCOc1ncccc1-c1cc(NC2CCC(OC)C2)c2c(cnn2C)n1. The minimum atomic E-state index is 0.328. The quantitative estimate of drug-likeness (QED) is 0.720. The summed E-state index contributed by atoms with van der Waals surface area (Å²) in [6.07, 6.45) is 7.04. The van der Waals surface area contributed by atoms with Crippen LogP contribution in [0.5, 0.6) is 5.88 Å². The number of aromatic nitrogens is 4. The van der Waals surface area contributed by atoms with Gasteiger partial charge in [0.2, 0.25) is 5.88 Å². The molecule has 0 aliphatic heterocycles. The van der Waals surface area contributed by atoms with Gasteiger partial charge in [-0.25, -0.2) is 9.97 Å². The average Bonchev–Trinajstić information content (AvgIpc) is 3.29. The summed E-state index contributed by atoms with van der Waals surface area (Å²) in [5.74, 6) is 0.599. The van der Waals surface area contributed by atoms with Crippen molar-refractivity contribution in [3.8, 4) is 17.1 Å². The molecule has 7 nitrogen and oxygen atoms in total. The van der Waals surface area contributed by atoms with E-state index in [9.17, 15) is 0 Å². The van der Waals surface area contributed by atoms with E-state index in [4.69, 9.17) is 14.5 Å². The lowest BCUT2D eigenvalue weighted by atomic mass is 10.1. The van der Waals surface area contributed by atoms with Crippen molar-refractivity contribution in [2.45, 2.75) is 38.3 Å². The Morgan fingerprint density at radius 2 is 2.22 bits per heavy atom. The van der Waals surface area contributed by atoms with Gasteiger partial charge in [0, 0.05) is 26.4 Å². The topological polar surface area (TPSA) is 74.1 Å². The zero-order chi connectivity index (χ0) is 18.8. The first-order chi connectivity index (χ1) is 13.2. The molecule has 3 aromatic rings. The average molecular weight is 367 g/mol. The predicted octanol–water partition coefficient (Wildman–Crippen LogP) is 3.41. The molecule has 1 N–H and O–H groups in total. The van der Waals surface area contributed by atoms with Gasteiger partial charge in [0.05, 0.1) is 35.9 Å². The summed E-state index contributed by atoms with van der Waals surface area (Å²) >= 11 is 0. The summed E-state index contributed by atoms with van der Waals surface area (Å²) in [7, 11) is 3.73. The maximum atomic E-state index is 5.70. The normalized spacial score (nSPS) is 19.5. The minimum Gasteiger partial charge on any atom is -0.477 e. The van der Waals surface area contributed by atoms with Crippen LogP contribution >= 0.6 is 0 Å². The van der Waals surface area contributed by atoms with Crippen molar-refractivity contribution in [2.75, 3.05) is 19.0 Å². The molecule has 1 saturated carbocycles. The Morgan fingerprint density at radius 3 is 3.00 bits per heavy atom. The lowest BCUT2D eigenvalue weighted by Crippen LogP contribution is -2.18. The summed E-state index contributed by atoms with van der Waals surface area (Å²) in [5, 5.41) is 8.09. The number of nitrogens with one attached hydrogen (secondary N) is 1. The van der Waals surface area contributed by atoms with Crippen molar-refractivity contribution < 1.29 is 9.47 Å². The molecule has 2 unspecified atom stereocenters. The highest BCUT2D eigenvalue weighted by Crippen LogP contribution is 2.34. The number of nitrogens with zero attached hydrogens (tertiary/aromatic N) is 4. The Kier molecular flexibility index (Phi) is 4.94. The number of hydrogen-bond donors (Lipinski definition) is 1. The molecule has 0 amide bonds. The van der Waals surface area contributed by atoms with Gasteiger partial charge < -0.3 is 14.8 Å². The van der Waals surface area contributed by atoms with E-state index in [-0.39, 0.29) is 0 Å². The Hall–Kier alpha value is -2.67. The molecule has 3 aromatic heterocycles. The minimum absolute atomic E-state index is 0.328. The van der Waals surface area contributed by atoms with Crippen LogP contribution in [0.25, 0.3) is 22.3 Å². The van der Waals surface area contributed by atoms with Crippen molar-refractivity contribution in [1.29, 1.82) is 0 Å². The van der Waals surface area contributed by atoms with Crippen LogP contribution in [0, 0.1) is 0 Å². The number of fused-ring (bicyclic) bond motifs is 1. The van der Waals surface area contributed by atoms with E-state index in [1.165, 1.54) is 0 Å². The van der Waals surface area contributed by atoms with E-state index in [1.807, 2.05) is 30.8 Å². The molecule has 0 aromatic carbocycles. The van der Waals surface area contributed by atoms with Gasteiger partial charge in [-0.2, -0.15) is 5.10 Å². The molecular formula is C20H25N5O2. The molecule has 1 aliphatic carbocycles. The van der Waals surface area contributed by atoms with Crippen molar-refractivity contribution in [2.24, 2.45) is 7.05 Å². The third-order valence-electron chi connectivity index (χ3n) is 5.10. The van der Waals surface area contributed by atoms with E-state index >= 15 is 0 Å². The zero-order valence-corrected chi connectivity index (χ0v) is 16.0. The Morgan fingerprint density at radius 1 is 1.33 bits per heavy atom. The van der Waals surface area contributed by atoms with Crippen LogP contribution < -0.4 is 10.1 Å². The lowest BCUT2D eigenvalue weighted by Gasteiger charge is -2.17. The predicted molar refractivity (Wildman–Crippen MR) is 105 cm³/mol. The number of rotatable bonds is 6. The molecule has 0 spiro atoms. The van der Waals surface area contributed by atoms with Gasteiger partial charge in [0.15, 0.2) is 0 Å². The second kappa shape index (κ2) is 7.52. The standard InChI is InChI=1S/C20H25N5O2/c1-4-27-20-15(6-5-9-21-20)16-11-17(19-18(24-16)12-22-25(19)2)23-13-7-8-14(10-13)26-3/h5-6,9,11-14H,4,7-8,10H2,1-3H3,(H,23,24). The highest BCUT2D eigenvalue weighted by Gasteiger charge is 2.25. The zero-order valence-electron chi connectivity index (χ0n) is 16.0. The van der Waals surface area contributed by atoms with E-state index < -0.39 is 0 Å². The number of methoxy groups -OCH3 is 1. The van der Waals surface area contributed by atoms with Crippen molar-refractivity contribution in [3.05, 3.63) is 30.6 Å². The Labute approximate surface area is 158 Å². The van der Waals surface area contributed by atoms with Gasteiger partial charge in [-0.05, 0) is 44.4 Å². The summed E-state index contributed by atoms with van der Waals surface area (Å²) < 4.78 is 13.1. The number of anilines is 1. The van der Waals surface area contributed by atoms with Crippen LogP contribution in [0.3, 0.4) is 0 Å². The van der Waals surface area contributed by atoms with Crippen LogP contribution in [-0.4, -0.2) is 45.6 Å². The summed E-state index contributed by atoms with van der Waals surface area (Å²) in [5.41, 5.74) is 4.60. The smallest absolute Gasteiger partial charge is 0.222 e. The van der Waals surface area contributed by atoms with Gasteiger partial charge in [-0.3, -0.25) is 4.68 Å². The second-order valence-corrected chi connectivity index (χ2v) is 6.86. The third-order valence-corrected chi connectivity index (χ3v) is 5.10. The number of pyridine rings is 2. The third kappa shape index (κ3) is 3.47. The molecule has 27 heavy (non-hydrogen) atoms. The Balaban J connectivity index is 1.76. The first kappa shape index (κ1) is 17.7. The van der Waals surface area contributed by atoms with E-state index in [0.717, 1.165) is 47.2 Å². The molecule has 3 heterocycles. The van der Waals surface area contributed by atoms with Crippen LogP contribution in [0.1, 0.15) is 26.2 Å². The van der Waals surface area contributed by atoms with E-state index in [2.05, 4.69) is 21.5 Å². The molecule has 0 radical (unpaired) electrons. The highest BCUT2D eigenvalue weighted by atomic mass is 16.5. The monoisotopic (exact) mass is 367 g/mol. The molecule has 0 bridgehead atoms. The maximum absolute atomic E-state index is 5.70. The van der Waals surface area contributed by atoms with Gasteiger partial charge in [-0.15, -0.1) is 0 Å². The first-order valence-electron chi connectivity index (χ1n) is 9.39. The number of hydrogen-bond acceptors (Lipinski definition) is 6. The summed E-state index contributed by atoms with van der Waals surface area (Å²) in [6.45, 7) is 2.51. The fraction of sp³-hybridized carbons (Fsp3) is 0.450. The van der Waals surface area contributed by atoms with Gasteiger partial charge in [-0.1, -0.05) is 0 Å². The van der Waals surface area contributed by atoms with Crippen LogP contribution in [-0.2, 0) is 11.8 Å². The van der Waals surface area contributed by atoms with Crippen molar-refractivity contribution in [3.63, 3.8) is 0 Å². The maximum Gasteiger partial charge on any atom is 0.222 e. The molecule has 7 heteroatoms. The van der Waals surface area contributed by atoms with E-state index in [0.29, 0.717) is 24.6 Å². The Bertz CT molecular complexity index is 939. The van der Waals surface area contributed by atoms with Crippen LogP contribution in [0.4, 0.5) is 5.69 Å². The molecule has 0 saturated heterocycles. The molecule has 4 rings (SSSR count). The molecule has 1 aliphatic rings. The summed E-state index contributed by atoms with van der Waals surface area (Å²) in [4.78, 5) is 9.17. The van der Waals surface area contributed by atoms with Crippen molar-refractivity contribution >= 4 is 16.7 Å². The fourth-order valence-corrected chi connectivity index (χ4v) is 3.78. The van der Waals surface area contributed by atoms with Crippen LogP contribution in [0.2, 0.25) is 0 Å². The number of ether oxygens (including phenoxy) is 2. The van der Waals surface area contributed by atoms with Gasteiger partial charge in [0.1, 0.15) is 11.0 Å². The van der Waals surface area contributed by atoms with Gasteiger partial charge >= 0.3 is 0 Å². The second-order valence-electron chi connectivity index (χ2n) is 6.86. The fourth-order valence-electron chi connectivity index (χ4n) is 3.78. The van der Waals surface area contributed by atoms with Gasteiger partial charge in [0.25, 0.3) is 0 Å². The van der Waals surface area contributed by atoms with Crippen LogP contribution in [0.15, 0.2) is 30.6 Å². The number of aryl methyl sites for hydroxylation is 1. The largest absolute Gasteiger partial charge is 0.477 e. The summed E-state index contributed by atoms with van der Waals surface area (Å²) in [6, 6.07) is 6.34. The molecule has 1 fully saturated rings. The van der Waals surface area contributed by atoms with Crippen molar-refractivity contribution in [1.82, 2.24) is 19.7 Å². The lowest BCUT2D eigenvalue weighted by molar-refractivity contribution is 0.108. The molecular weight excluding hydrogens is 342 g/mol. The molecule has 142 valence electrons. The van der Waals surface area contributed by atoms with E-state index in [1.54, 1.807) is 19.5 Å². The highest BCUT2D eigenvalue weighted by molar-refractivity contribution is 5.91. The molecule has 2 atom stereocenters. The first-order valence-corrected chi connectivity index (χ1v) is 9.39.